The normalized spacial score (nSPS) is 35.3. The maximum Gasteiger partial charge on any atom is 0.310 e. The maximum absolute atomic E-state index is 13.0. The third-order valence-electron chi connectivity index (χ3n) is 5.76. The lowest BCUT2D eigenvalue weighted by atomic mass is 9.77. The summed E-state index contributed by atoms with van der Waals surface area (Å²) < 4.78 is 16.7. The van der Waals surface area contributed by atoms with Gasteiger partial charge in [0, 0.05) is 0 Å². The molecule has 5 rings (SSSR count). The molecule has 4 aliphatic heterocycles. The van der Waals surface area contributed by atoms with Gasteiger partial charge in [-0.1, -0.05) is 18.2 Å². The van der Waals surface area contributed by atoms with E-state index in [9.17, 15) is 14.7 Å². The van der Waals surface area contributed by atoms with Gasteiger partial charge < -0.3 is 24.2 Å². The van der Waals surface area contributed by atoms with E-state index in [0.29, 0.717) is 18.0 Å². The molecular formula is C18H17NO6. The molecule has 25 heavy (non-hydrogen) atoms. The van der Waals surface area contributed by atoms with Crippen molar-refractivity contribution in [2.45, 2.75) is 24.7 Å². The molecule has 0 aromatic heterocycles. The van der Waals surface area contributed by atoms with E-state index in [-0.39, 0.29) is 18.7 Å². The number of benzene rings is 1. The van der Waals surface area contributed by atoms with Gasteiger partial charge in [-0.3, -0.25) is 9.59 Å². The number of carbonyl (C=O) groups excluding carboxylic acids is 1. The fourth-order valence-electron chi connectivity index (χ4n) is 4.49. The highest BCUT2D eigenvalue weighted by molar-refractivity contribution is 5.91. The van der Waals surface area contributed by atoms with Crippen LogP contribution in [0.2, 0.25) is 0 Å². The summed E-state index contributed by atoms with van der Waals surface area (Å²) in [7, 11) is 0. The van der Waals surface area contributed by atoms with Crippen molar-refractivity contribution in [1.29, 1.82) is 0 Å². The summed E-state index contributed by atoms with van der Waals surface area (Å²) in [6, 6.07) is 5.39. The van der Waals surface area contributed by atoms with Gasteiger partial charge in [0.15, 0.2) is 11.5 Å². The Bertz CT molecular complexity index is 820. The van der Waals surface area contributed by atoms with E-state index >= 15 is 0 Å². The van der Waals surface area contributed by atoms with Crippen LogP contribution >= 0.6 is 0 Å². The molecule has 130 valence electrons. The van der Waals surface area contributed by atoms with Crippen LogP contribution < -0.4 is 9.47 Å². The second kappa shape index (κ2) is 4.76. The molecule has 1 aromatic carbocycles. The second-order valence-corrected chi connectivity index (χ2v) is 6.99. The highest BCUT2D eigenvalue weighted by atomic mass is 16.7. The van der Waals surface area contributed by atoms with Crippen LogP contribution in [-0.2, 0) is 14.3 Å². The number of ether oxygens (including phenoxy) is 3. The largest absolute Gasteiger partial charge is 0.481 e. The summed E-state index contributed by atoms with van der Waals surface area (Å²) in [6.07, 6.45) is 3.14. The van der Waals surface area contributed by atoms with Gasteiger partial charge in [-0.2, -0.15) is 0 Å². The molecule has 0 unspecified atom stereocenters. The summed E-state index contributed by atoms with van der Waals surface area (Å²) in [5.74, 6) is -1.26. The number of carboxylic acid groups (broad SMARTS) is 1. The Morgan fingerprint density at radius 1 is 1.36 bits per heavy atom. The van der Waals surface area contributed by atoms with Crippen LogP contribution in [0.1, 0.15) is 18.5 Å². The molecule has 2 bridgehead atoms. The molecule has 4 aliphatic rings. The van der Waals surface area contributed by atoms with Gasteiger partial charge in [-0.15, -0.1) is 0 Å². The summed E-state index contributed by atoms with van der Waals surface area (Å²) >= 11 is 0. The first kappa shape index (κ1) is 14.8. The third-order valence-corrected chi connectivity index (χ3v) is 5.76. The first-order valence-corrected chi connectivity index (χ1v) is 8.30. The quantitative estimate of drug-likeness (QED) is 0.834. The first-order chi connectivity index (χ1) is 12.0. The minimum atomic E-state index is -0.979. The zero-order valence-corrected chi connectivity index (χ0v) is 13.5. The van der Waals surface area contributed by atoms with Crippen molar-refractivity contribution in [2.24, 2.45) is 11.8 Å². The summed E-state index contributed by atoms with van der Waals surface area (Å²) in [5, 5.41) is 9.53. The number of hydrogen-bond donors (Lipinski definition) is 1. The molecule has 1 amide bonds. The van der Waals surface area contributed by atoms with Gasteiger partial charge in [-0.25, -0.2) is 0 Å². The molecule has 7 nitrogen and oxygen atoms in total. The zero-order chi connectivity index (χ0) is 17.3. The van der Waals surface area contributed by atoms with Gasteiger partial charge >= 0.3 is 5.97 Å². The van der Waals surface area contributed by atoms with E-state index < -0.39 is 29.5 Å². The van der Waals surface area contributed by atoms with Crippen molar-refractivity contribution in [3.63, 3.8) is 0 Å². The van der Waals surface area contributed by atoms with Crippen molar-refractivity contribution in [3.8, 4) is 11.5 Å². The van der Waals surface area contributed by atoms with Crippen molar-refractivity contribution >= 4 is 11.9 Å². The number of nitrogens with zero attached hydrogens (tertiary/aromatic N) is 1. The van der Waals surface area contributed by atoms with Crippen LogP contribution in [0.3, 0.4) is 0 Å². The lowest BCUT2D eigenvalue weighted by Gasteiger charge is -2.27. The van der Waals surface area contributed by atoms with Crippen molar-refractivity contribution < 1.29 is 28.9 Å². The second-order valence-electron chi connectivity index (χ2n) is 6.99. The zero-order valence-electron chi connectivity index (χ0n) is 13.5. The van der Waals surface area contributed by atoms with Gasteiger partial charge in [0.25, 0.3) is 0 Å². The molecule has 7 heteroatoms. The minimum absolute atomic E-state index is 0.163. The molecule has 1 spiro atoms. The monoisotopic (exact) mass is 343 g/mol. The van der Waals surface area contributed by atoms with Crippen molar-refractivity contribution in [1.82, 2.24) is 4.90 Å². The van der Waals surface area contributed by atoms with E-state index in [1.54, 1.807) is 11.0 Å². The van der Waals surface area contributed by atoms with Gasteiger partial charge in [-0.05, 0) is 24.6 Å². The highest BCUT2D eigenvalue weighted by Crippen LogP contribution is 2.53. The Kier molecular flexibility index (Phi) is 2.81. The molecule has 0 aliphatic carbocycles. The van der Waals surface area contributed by atoms with Gasteiger partial charge in [0.2, 0.25) is 12.7 Å². The van der Waals surface area contributed by atoms with Crippen LogP contribution in [0.15, 0.2) is 30.4 Å². The number of aliphatic carboxylic acids is 1. The number of likely N-dealkylation sites (tertiary alicyclic amines) is 1. The van der Waals surface area contributed by atoms with Gasteiger partial charge in [0.1, 0.15) is 11.5 Å². The van der Waals surface area contributed by atoms with Crippen molar-refractivity contribution in [2.75, 3.05) is 13.3 Å². The lowest BCUT2D eigenvalue weighted by molar-refractivity contribution is -0.148. The van der Waals surface area contributed by atoms with Crippen molar-refractivity contribution in [3.05, 3.63) is 35.9 Å². The lowest BCUT2D eigenvalue weighted by Crippen LogP contribution is -2.39. The summed E-state index contributed by atoms with van der Waals surface area (Å²) in [5.41, 5.74) is 0.106. The Labute approximate surface area is 143 Å². The SMILES string of the molecule is C[C@@H](c1ccc2c(c1)OCO2)N1C[C@@]23C=C[C@H](O2)[C@H](C(=O)O)[C@@H]3C1=O. The van der Waals surface area contributed by atoms with E-state index in [4.69, 9.17) is 14.2 Å². The van der Waals surface area contributed by atoms with Crippen LogP contribution in [0.4, 0.5) is 0 Å². The average molecular weight is 343 g/mol. The smallest absolute Gasteiger partial charge is 0.310 e. The number of carbonyl (C=O) groups is 2. The average Bonchev–Trinajstić information content (AvgIpc) is 3.33. The predicted octanol–water partition coefficient (Wildman–Crippen LogP) is 1.34. The number of fused-ring (bicyclic) bond motifs is 2. The molecule has 0 radical (unpaired) electrons. The number of rotatable bonds is 3. The predicted molar refractivity (Wildman–Crippen MR) is 84.1 cm³/mol. The fraction of sp³-hybridized carbons (Fsp3) is 0.444. The molecule has 5 atom stereocenters. The van der Waals surface area contributed by atoms with E-state index in [2.05, 4.69) is 0 Å². The van der Waals surface area contributed by atoms with Crippen LogP contribution in [0.25, 0.3) is 0 Å². The number of carboxylic acids is 1. The van der Waals surface area contributed by atoms with Gasteiger partial charge in [0.05, 0.1) is 24.6 Å². The summed E-state index contributed by atoms with van der Waals surface area (Å²) in [4.78, 5) is 26.4. The number of amides is 1. The molecule has 2 saturated heterocycles. The Hall–Kier alpha value is -2.54. The Morgan fingerprint density at radius 2 is 2.16 bits per heavy atom. The van der Waals surface area contributed by atoms with Crippen LogP contribution in [-0.4, -0.2) is 46.9 Å². The summed E-state index contributed by atoms with van der Waals surface area (Å²) in [6.45, 7) is 2.49. The highest BCUT2D eigenvalue weighted by Gasteiger charge is 2.67. The minimum Gasteiger partial charge on any atom is -0.481 e. The molecule has 1 aromatic rings. The molecular weight excluding hydrogens is 326 g/mol. The fourth-order valence-corrected chi connectivity index (χ4v) is 4.49. The third kappa shape index (κ3) is 1.84. The molecule has 2 fully saturated rings. The standard InChI is InChI=1S/C18H17NO6/c1-9(10-2-3-11-13(6-10)24-8-23-11)19-7-18-5-4-12(25-18)14(17(21)22)15(18)16(19)20/h2-6,9,12,14-15H,7-8H2,1H3,(H,21,22)/t9-,12-,14-,15+,18+/m0/s1. The van der Waals surface area contributed by atoms with E-state index in [0.717, 1.165) is 5.56 Å². The topological polar surface area (TPSA) is 85.3 Å². The molecule has 4 heterocycles. The molecule has 1 N–H and O–H groups in total. The van der Waals surface area contributed by atoms with E-state index in [1.807, 2.05) is 31.2 Å². The maximum atomic E-state index is 13.0. The van der Waals surface area contributed by atoms with E-state index in [1.165, 1.54) is 0 Å². The van der Waals surface area contributed by atoms with Crippen LogP contribution in [0.5, 0.6) is 11.5 Å². The number of hydrogen-bond acceptors (Lipinski definition) is 5. The first-order valence-electron chi connectivity index (χ1n) is 8.30. The Morgan fingerprint density at radius 3 is 2.96 bits per heavy atom. The Balaban J connectivity index is 1.47. The van der Waals surface area contributed by atoms with Crippen LogP contribution in [0, 0.1) is 11.8 Å². The molecule has 0 saturated carbocycles.